The Labute approximate surface area is 147 Å². The monoisotopic (exact) mass is 342 g/mol. The van der Waals surface area contributed by atoms with Crippen molar-refractivity contribution in [2.45, 2.75) is 38.9 Å². The molecule has 0 radical (unpaired) electrons. The van der Waals surface area contributed by atoms with Crippen molar-refractivity contribution in [1.29, 1.82) is 0 Å². The second-order valence-corrected chi connectivity index (χ2v) is 6.57. The lowest BCUT2D eigenvalue weighted by molar-refractivity contribution is -0.128. The number of rotatable bonds is 5. The largest absolute Gasteiger partial charge is 0.340 e. The maximum absolute atomic E-state index is 13.4. The van der Waals surface area contributed by atoms with Gasteiger partial charge in [-0.1, -0.05) is 12.1 Å². The van der Waals surface area contributed by atoms with Gasteiger partial charge in [-0.15, -0.1) is 0 Å². The summed E-state index contributed by atoms with van der Waals surface area (Å²) in [4.78, 5) is 24.4. The minimum atomic E-state index is -0.206. The van der Waals surface area contributed by atoms with E-state index in [4.69, 9.17) is 4.98 Å². The zero-order valence-corrected chi connectivity index (χ0v) is 14.7. The normalized spacial score (nSPS) is 17.6. The van der Waals surface area contributed by atoms with Crippen LogP contribution in [0.3, 0.4) is 0 Å². The number of carbonyl (C=O) groups is 1. The van der Waals surface area contributed by atoms with Gasteiger partial charge in [-0.25, -0.2) is 4.39 Å². The lowest BCUT2D eigenvalue weighted by Gasteiger charge is -2.24. The van der Waals surface area contributed by atoms with E-state index in [-0.39, 0.29) is 17.8 Å². The van der Waals surface area contributed by atoms with E-state index in [9.17, 15) is 9.18 Å². The number of carbonyl (C=O) groups excluding carboxylic acids is 1. The summed E-state index contributed by atoms with van der Waals surface area (Å²) >= 11 is 0. The number of halogens is 1. The predicted octanol–water partition coefficient (Wildman–Crippen LogP) is 2.93. The molecule has 1 aromatic heterocycles. The molecule has 0 spiro atoms. The van der Waals surface area contributed by atoms with Gasteiger partial charge in [0.1, 0.15) is 5.82 Å². The zero-order valence-electron chi connectivity index (χ0n) is 14.7. The van der Waals surface area contributed by atoms with E-state index in [1.54, 1.807) is 36.5 Å². The van der Waals surface area contributed by atoms with Crippen molar-refractivity contribution in [2.75, 3.05) is 13.6 Å². The van der Waals surface area contributed by atoms with Crippen LogP contribution in [0.1, 0.15) is 42.8 Å². The first-order chi connectivity index (χ1) is 12.0. The molecule has 0 unspecified atom stereocenters. The molecule has 0 bridgehead atoms. The van der Waals surface area contributed by atoms with Gasteiger partial charge in [0.25, 0.3) is 0 Å². The van der Waals surface area contributed by atoms with Crippen molar-refractivity contribution in [3.63, 3.8) is 0 Å². The number of hydrogen-bond donors (Lipinski definition) is 0. The number of aromatic nitrogens is 2. The average molecular weight is 342 g/mol. The topological polar surface area (TPSA) is 49.3 Å². The molecule has 5 nitrogen and oxygen atoms in total. The highest BCUT2D eigenvalue weighted by atomic mass is 19.1. The van der Waals surface area contributed by atoms with Crippen LogP contribution in [-0.2, 0) is 17.9 Å². The van der Waals surface area contributed by atoms with Gasteiger partial charge >= 0.3 is 0 Å². The van der Waals surface area contributed by atoms with Gasteiger partial charge in [0.2, 0.25) is 5.91 Å². The van der Waals surface area contributed by atoms with Crippen molar-refractivity contribution >= 4 is 5.91 Å². The molecule has 2 aromatic rings. The molecule has 6 heteroatoms. The summed E-state index contributed by atoms with van der Waals surface area (Å²) in [5.74, 6) is -0.205. The third-order valence-electron chi connectivity index (χ3n) is 4.62. The second kappa shape index (κ2) is 7.70. The first kappa shape index (κ1) is 17.5. The maximum Gasteiger partial charge on any atom is 0.219 e. The van der Waals surface area contributed by atoms with Gasteiger partial charge in [0, 0.05) is 20.5 Å². The van der Waals surface area contributed by atoms with Gasteiger partial charge in [-0.3, -0.25) is 19.7 Å². The Kier molecular flexibility index (Phi) is 5.38. The lowest BCUT2D eigenvalue weighted by Crippen LogP contribution is -2.26. The fourth-order valence-corrected chi connectivity index (χ4v) is 3.23. The van der Waals surface area contributed by atoms with E-state index in [0.29, 0.717) is 13.1 Å². The molecule has 1 aromatic carbocycles. The van der Waals surface area contributed by atoms with E-state index in [1.807, 2.05) is 6.07 Å². The lowest BCUT2D eigenvalue weighted by atomic mass is 10.1. The fraction of sp³-hybridized carbons (Fsp3) is 0.421. The molecule has 2 heterocycles. The van der Waals surface area contributed by atoms with Crippen LogP contribution in [0.25, 0.3) is 0 Å². The van der Waals surface area contributed by atoms with E-state index in [0.717, 1.165) is 36.3 Å². The predicted molar refractivity (Wildman–Crippen MR) is 93.0 cm³/mol. The SMILES string of the molecule is CC(=O)N(C)Cc1cncc([C@H]2CCCN2Cc2cccc(F)c2)n1. The van der Waals surface area contributed by atoms with Crippen LogP contribution in [0.2, 0.25) is 0 Å². The Morgan fingerprint density at radius 1 is 1.40 bits per heavy atom. The Morgan fingerprint density at radius 3 is 3.00 bits per heavy atom. The van der Waals surface area contributed by atoms with Crippen LogP contribution in [0.5, 0.6) is 0 Å². The van der Waals surface area contributed by atoms with Gasteiger partial charge in [0.05, 0.1) is 36.4 Å². The highest BCUT2D eigenvalue weighted by Crippen LogP contribution is 2.32. The van der Waals surface area contributed by atoms with Crippen LogP contribution in [-0.4, -0.2) is 39.3 Å². The molecular formula is C19H23FN4O. The molecule has 1 atom stereocenters. The molecule has 0 saturated carbocycles. The Bertz CT molecular complexity index is 752. The van der Waals surface area contributed by atoms with E-state index in [1.165, 1.54) is 13.0 Å². The maximum atomic E-state index is 13.4. The summed E-state index contributed by atoms with van der Waals surface area (Å²) in [7, 11) is 1.75. The molecule has 0 N–H and O–H groups in total. The third kappa shape index (κ3) is 4.39. The van der Waals surface area contributed by atoms with Crippen molar-refractivity contribution < 1.29 is 9.18 Å². The van der Waals surface area contributed by atoms with Gasteiger partial charge in [-0.05, 0) is 37.1 Å². The van der Waals surface area contributed by atoms with Crippen molar-refractivity contribution in [2.24, 2.45) is 0 Å². The molecule has 1 amide bonds. The van der Waals surface area contributed by atoms with Gasteiger partial charge < -0.3 is 4.90 Å². The van der Waals surface area contributed by atoms with Crippen LogP contribution in [0.15, 0.2) is 36.7 Å². The Morgan fingerprint density at radius 2 is 2.24 bits per heavy atom. The quantitative estimate of drug-likeness (QED) is 0.838. The number of nitrogens with zero attached hydrogens (tertiary/aromatic N) is 4. The molecule has 1 aliphatic heterocycles. The van der Waals surface area contributed by atoms with Crippen LogP contribution in [0, 0.1) is 5.82 Å². The summed E-state index contributed by atoms with van der Waals surface area (Å²) in [6, 6.07) is 6.92. The fourth-order valence-electron chi connectivity index (χ4n) is 3.23. The number of hydrogen-bond acceptors (Lipinski definition) is 4. The summed E-state index contributed by atoms with van der Waals surface area (Å²) in [5, 5.41) is 0. The molecule has 1 fully saturated rings. The minimum absolute atomic E-state index is 0.000741. The van der Waals surface area contributed by atoms with Crippen LogP contribution < -0.4 is 0 Å². The average Bonchev–Trinajstić information content (AvgIpc) is 3.03. The molecule has 0 aliphatic carbocycles. The molecule has 3 rings (SSSR count). The first-order valence-corrected chi connectivity index (χ1v) is 8.54. The van der Waals surface area contributed by atoms with Crippen LogP contribution >= 0.6 is 0 Å². The molecule has 1 aliphatic rings. The van der Waals surface area contributed by atoms with Crippen molar-refractivity contribution in [3.8, 4) is 0 Å². The van der Waals surface area contributed by atoms with E-state index >= 15 is 0 Å². The highest BCUT2D eigenvalue weighted by Gasteiger charge is 2.27. The van der Waals surface area contributed by atoms with Crippen LogP contribution in [0.4, 0.5) is 4.39 Å². The third-order valence-corrected chi connectivity index (χ3v) is 4.62. The number of amides is 1. The summed E-state index contributed by atoms with van der Waals surface area (Å²) in [5.41, 5.74) is 2.67. The van der Waals surface area contributed by atoms with Gasteiger partial charge in [-0.2, -0.15) is 0 Å². The molecule has 1 saturated heterocycles. The smallest absolute Gasteiger partial charge is 0.219 e. The summed E-state index contributed by atoms with van der Waals surface area (Å²) < 4.78 is 13.4. The Hall–Kier alpha value is -2.34. The highest BCUT2D eigenvalue weighted by molar-refractivity contribution is 5.72. The number of benzene rings is 1. The number of likely N-dealkylation sites (tertiary alicyclic amines) is 1. The molecular weight excluding hydrogens is 319 g/mol. The minimum Gasteiger partial charge on any atom is -0.340 e. The first-order valence-electron chi connectivity index (χ1n) is 8.54. The molecule has 25 heavy (non-hydrogen) atoms. The van der Waals surface area contributed by atoms with E-state index < -0.39 is 0 Å². The summed E-state index contributed by atoms with van der Waals surface area (Å²) in [6.45, 7) is 3.64. The van der Waals surface area contributed by atoms with Crippen molar-refractivity contribution in [1.82, 2.24) is 19.8 Å². The Balaban J connectivity index is 1.74. The second-order valence-electron chi connectivity index (χ2n) is 6.57. The van der Waals surface area contributed by atoms with Crippen molar-refractivity contribution in [3.05, 3.63) is 59.4 Å². The van der Waals surface area contributed by atoms with E-state index in [2.05, 4.69) is 9.88 Å². The standard InChI is InChI=1S/C19H23FN4O/c1-14(25)23(2)13-17-10-21-11-18(22-17)19-7-4-8-24(19)12-15-5-3-6-16(20)9-15/h3,5-6,9-11,19H,4,7-8,12-13H2,1-2H3/t19-/m1/s1. The zero-order chi connectivity index (χ0) is 17.8. The molecule has 132 valence electrons. The van der Waals surface area contributed by atoms with Gasteiger partial charge in [0.15, 0.2) is 0 Å². The summed E-state index contributed by atoms with van der Waals surface area (Å²) in [6.07, 6.45) is 5.59.